The number of thiophene rings is 1. The number of ether oxygens (including phenoxy) is 1. The first-order valence-electron chi connectivity index (χ1n) is 4.96. The van der Waals surface area contributed by atoms with Gasteiger partial charge in [0.15, 0.2) is 11.6 Å². The summed E-state index contributed by atoms with van der Waals surface area (Å²) in [6.45, 7) is 0. The molecule has 0 aliphatic carbocycles. The van der Waals surface area contributed by atoms with Crippen LogP contribution in [0.25, 0.3) is 0 Å². The molecule has 0 bridgehead atoms. The van der Waals surface area contributed by atoms with Crippen LogP contribution in [-0.2, 0) is 0 Å². The minimum absolute atomic E-state index is 0. The number of benzene rings is 1. The van der Waals surface area contributed by atoms with Crippen molar-refractivity contribution in [3.05, 3.63) is 51.7 Å². The number of nitrogens with two attached hydrogens (primary N) is 1. The molecule has 2 N–H and O–H groups in total. The van der Waals surface area contributed by atoms with Gasteiger partial charge in [-0.05, 0) is 23.6 Å². The Balaban J connectivity index is 0.00000162. The molecule has 0 aliphatic heterocycles. The van der Waals surface area contributed by atoms with Crippen LogP contribution in [0, 0.1) is 11.6 Å². The van der Waals surface area contributed by atoms with Crippen molar-refractivity contribution < 1.29 is 13.5 Å². The van der Waals surface area contributed by atoms with Gasteiger partial charge in [-0.1, -0.05) is 6.07 Å². The molecule has 2 rings (SSSR count). The van der Waals surface area contributed by atoms with E-state index in [1.165, 1.54) is 24.5 Å². The molecule has 98 valence electrons. The molecule has 0 spiro atoms. The topological polar surface area (TPSA) is 35.2 Å². The largest absolute Gasteiger partial charge is 0.494 e. The molecule has 0 aliphatic rings. The highest BCUT2D eigenvalue weighted by Crippen LogP contribution is 2.31. The van der Waals surface area contributed by atoms with Crippen LogP contribution in [0.2, 0.25) is 0 Å². The summed E-state index contributed by atoms with van der Waals surface area (Å²) >= 11 is 1.36. The van der Waals surface area contributed by atoms with Crippen molar-refractivity contribution in [2.45, 2.75) is 6.04 Å². The predicted octanol–water partition coefficient (Wildman–Crippen LogP) is 3.50. The molecule has 18 heavy (non-hydrogen) atoms. The Morgan fingerprint density at radius 1 is 1.28 bits per heavy atom. The molecule has 0 saturated carbocycles. The molecule has 0 unspecified atom stereocenters. The van der Waals surface area contributed by atoms with Gasteiger partial charge in [-0.15, -0.1) is 23.7 Å². The third-order valence-corrected chi connectivity index (χ3v) is 3.43. The summed E-state index contributed by atoms with van der Waals surface area (Å²) in [6.07, 6.45) is 0. The van der Waals surface area contributed by atoms with Gasteiger partial charge in [-0.2, -0.15) is 0 Å². The third-order valence-electron chi connectivity index (χ3n) is 2.47. The van der Waals surface area contributed by atoms with E-state index in [0.29, 0.717) is 4.88 Å². The Labute approximate surface area is 114 Å². The first-order chi connectivity index (χ1) is 8.15. The highest BCUT2D eigenvalue weighted by molar-refractivity contribution is 7.10. The first-order valence-corrected chi connectivity index (χ1v) is 5.84. The summed E-state index contributed by atoms with van der Waals surface area (Å²) in [6, 6.07) is 5.12. The molecule has 1 aromatic carbocycles. The quantitative estimate of drug-likeness (QED) is 0.939. The summed E-state index contributed by atoms with van der Waals surface area (Å²) in [5.74, 6) is -1.41. The molecule has 1 atom stereocenters. The van der Waals surface area contributed by atoms with Gasteiger partial charge in [0.05, 0.1) is 13.2 Å². The van der Waals surface area contributed by atoms with Gasteiger partial charge in [0.1, 0.15) is 5.82 Å². The van der Waals surface area contributed by atoms with Crippen LogP contribution in [0.15, 0.2) is 29.6 Å². The zero-order valence-corrected chi connectivity index (χ0v) is 11.2. The van der Waals surface area contributed by atoms with E-state index in [4.69, 9.17) is 10.5 Å². The van der Waals surface area contributed by atoms with E-state index in [0.717, 1.165) is 6.07 Å². The zero-order valence-electron chi connectivity index (χ0n) is 9.52. The van der Waals surface area contributed by atoms with Crippen LogP contribution in [0.4, 0.5) is 8.78 Å². The number of hydrogen-bond donors (Lipinski definition) is 1. The standard InChI is InChI=1S/C12H11F2NOS.ClH/c1-16-8-5-4-7(13)10(11(8)14)12(15)9-3-2-6-17-9;/h2-6,12H,15H2,1H3;1H/t12-;/m1./s1. The first kappa shape index (κ1) is 14.9. The lowest BCUT2D eigenvalue weighted by molar-refractivity contribution is 0.379. The number of rotatable bonds is 3. The van der Waals surface area contributed by atoms with Crippen molar-refractivity contribution in [3.8, 4) is 5.75 Å². The van der Waals surface area contributed by atoms with Crippen molar-refractivity contribution in [1.29, 1.82) is 0 Å². The van der Waals surface area contributed by atoms with Gasteiger partial charge < -0.3 is 10.5 Å². The highest BCUT2D eigenvalue weighted by Gasteiger charge is 2.22. The molecule has 6 heteroatoms. The molecule has 1 aromatic heterocycles. The van der Waals surface area contributed by atoms with E-state index in [-0.39, 0.29) is 23.7 Å². The maximum Gasteiger partial charge on any atom is 0.173 e. The fourth-order valence-corrected chi connectivity index (χ4v) is 2.34. The normalized spacial score (nSPS) is 11.8. The maximum absolute atomic E-state index is 13.9. The van der Waals surface area contributed by atoms with Crippen LogP contribution in [0.3, 0.4) is 0 Å². The minimum atomic E-state index is -0.815. The van der Waals surface area contributed by atoms with E-state index in [9.17, 15) is 8.78 Å². The highest BCUT2D eigenvalue weighted by atomic mass is 35.5. The average Bonchev–Trinajstić information content (AvgIpc) is 2.82. The van der Waals surface area contributed by atoms with E-state index in [1.807, 2.05) is 5.38 Å². The van der Waals surface area contributed by atoms with Gasteiger partial charge in [0, 0.05) is 10.4 Å². The molecule has 1 heterocycles. The van der Waals surface area contributed by atoms with Crippen molar-refractivity contribution in [3.63, 3.8) is 0 Å². The number of hydrogen-bond acceptors (Lipinski definition) is 3. The van der Waals surface area contributed by atoms with Crippen LogP contribution >= 0.6 is 23.7 Å². The summed E-state index contributed by atoms with van der Waals surface area (Å²) in [5.41, 5.74) is 5.70. The fourth-order valence-electron chi connectivity index (χ4n) is 1.60. The van der Waals surface area contributed by atoms with Gasteiger partial charge in [0.2, 0.25) is 0 Å². The summed E-state index contributed by atoms with van der Waals surface area (Å²) in [5, 5.41) is 1.81. The van der Waals surface area contributed by atoms with Crippen LogP contribution in [-0.4, -0.2) is 7.11 Å². The lowest BCUT2D eigenvalue weighted by Gasteiger charge is -2.14. The molecule has 2 aromatic rings. The number of methoxy groups -OCH3 is 1. The maximum atomic E-state index is 13.9. The molecule has 0 amide bonds. The van der Waals surface area contributed by atoms with Gasteiger partial charge in [0.25, 0.3) is 0 Å². The minimum Gasteiger partial charge on any atom is -0.494 e. The van der Waals surface area contributed by atoms with Crippen molar-refractivity contribution in [2.24, 2.45) is 5.73 Å². The molecule has 0 saturated heterocycles. The summed E-state index contributed by atoms with van der Waals surface area (Å²) in [4.78, 5) is 0.705. The van der Waals surface area contributed by atoms with Crippen molar-refractivity contribution in [2.75, 3.05) is 7.11 Å². The fraction of sp³-hybridized carbons (Fsp3) is 0.167. The summed E-state index contributed by atoms with van der Waals surface area (Å²) < 4.78 is 32.4. The van der Waals surface area contributed by atoms with Crippen LogP contribution < -0.4 is 10.5 Å². The van der Waals surface area contributed by atoms with E-state index >= 15 is 0 Å². The lowest BCUT2D eigenvalue weighted by atomic mass is 10.0. The Morgan fingerprint density at radius 3 is 2.56 bits per heavy atom. The Morgan fingerprint density at radius 2 is 2.00 bits per heavy atom. The van der Waals surface area contributed by atoms with Crippen LogP contribution in [0.1, 0.15) is 16.5 Å². The molecule has 2 nitrogen and oxygen atoms in total. The second-order valence-electron chi connectivity index (χ2n) is 3.47. The smallest absolute Gasteiger partial charge is 0.173 e. The zero-order chi connectivity index (χ0) is 12.4. The van der Waals surface area contributed by atoms with E-state index < -0.39 is 17.7 Å². The van der Waals surface area contributed by atoms with Gasteiger partial charge in [-0.25, -0.2) is 8.78 Å². The van der Waals surface area contributed by atoms with Crippen molar-refractivity contribution >= 4 is 23.7 Å². The second kappa shape index (κ2) is 6.13. The van der Waals surface area contributed by atoms with E-state index in [1.54, 1.807) is 12.1 Å². The molecule has 0 fully saturated rings. The number of halogens is 3. The Kier molecular flexibility index (Phi) is 5.07. The monoisotopic (exact) mass is 291 g/mol. The van der Waals surface area contributed by atoms with Gasteiger partial charge in [-0.3, -0.25) is 0 Å². The molecular weight excluding hydrogens is 280 g/mol. The van der Waals surface area contributed by atoms with Gasteiger partial charge >= 0.3 is 0 Å². The SMILES string of the molecule is COc1ccc(F)c([C@H](N)c2cccs2)c1F.Cl. The molecule has 0 radical (unpaired) electrons. The second-order valence-corrected chi connectivity index (χ2v) is 4.45. The van der Waals surface area contributed by atoms with Crippen molar-refractivity contribution in [1.82, 2.24) is 0 Å². The Bertz CT molecular complexity index is 519. The predicted molar refractivity (Wildman–Crippen MR) is 70.5 cm³/mol. The lowest BCUT2D eigenvalue weighted by Crippen LogP contribution is -2.15. The average molecular weight is 292 g/mol. The van der Waals surface area contributed by atoms with E-state index in [2.05, 4.69) is 0 Å². The Hall–Kier alpha value is -1.17. The summed E-state index contributed by atoms with van der Waals surface area (Å²) in [7, 11) is 1.33. The van der Waals surface area contributed by atoms with Crippen LogP contribution in [0.5, 0.6) is 5.75 Å². The molecular formula is C12H12ClF2NOS. The third kappa shape index (κ3) is 2.63.